The van der Waals surface area contributed by atoms with Crippen LogP contribution in [0.4, 0.5) is 0 Å². The van der Waals surface area contributed by atoms with E-state index in [0.717, 1.165) is 24.1 Å². The summed E-state index contributed by atoms with van der Waals surface area (Å²) in [5, 5.41) is 0. The molecule has 0 unspecified atom stereocenters. The molecule has 0 radical (unpaired) electrons. The molecule has 0 aliphatic rings. The van der Waals surface area contributed by atoms with Crippen LogP contribution >= 0.6 is 0 Å². The molecule has 0 saturated heterocycles. The fraction of sp³-hybridized carbons (Fsp3) is 1.00. The van der Waals surface area contributed by atoms with Crippen LogP contribution in [0.15, 0.2) is 0 Å². The first-order valence-electron chi connectivity index (χ1n) is 13.5. The predicted molar refractivity (Wildman–Crippen MR) is 150 cm³/mol. The van der Waals surface area contributed by atoms with Crippen molar-refractivity contribution in [2.75, 3.05) is 42.7 Å². The van der Waals surface area contributed by atoms with E-state index in [9.17, 15) is 0 Å². The van der Waals surface area contributed by atoms with Crippen LogP contribution in [0.1, 0.15) is 77.0 Å². The highest BCUT2D eigenvalue weighted by Crippen LogP contribution is 2.26. The lowest BCUT2D eigenvalue weighted by Gasteiger charge is -2.23. The zero-order valence-electron chi connectivity index (χ0n) is 24.1. The normalized spacial score (nSPS) is 13.2. The highest BCUT2D eigenvalue weighted by atomic mass is 28.4. The van der Waals surface area contributed by atoms with E-state index in [2.05, 4.69) is 19.6 Å². The molecule has 0 heterocycles. The van der Waals surface area contributed by atoms with E-state index < -0.39 is 25.7 Å². The van der Waals surface area contributed by atoms with Gasteiger partial charge in [-0.05, 0) is 43.7 Å². The summed E-state index contributed by atoms with van der Waals surface area (Å²) in [6, 6.07) is 3.27. The predicted octanol–water partition coefficient (Wildman–Crippen LogP) is 7.38. The Bertz CT molecular complexity index is 405. The summed E-state index contributed by atoms with van der Waals surface area (Å²) in [4.78, 5) is 0. The second kappa shape index (κ2) is 19.5. The quantitative estimate of drug-likeness (QED) is 0.0944. The molecule has 0 bridgehead atoms. The molecule has 0 aromatic rings. The zero-order valence-corrected chi connectivity index (χ0v) is 27.1. The van der Waals surface area contributed by atoms with Crippen molar-refractivity contribution in [3.63, 3.8) is 0 Å². The minimum Gasteiger partial charge on any atom is -0.398 e. The second-order valence-electron chi connectivity index (χ2n) is 10.3. The summed E-state index contributed by atoms with van der Waals surface area (Å²) in [6.45, 7) is 6.49. The Morgan fingerprint density at radius 3 is 0.824 bits per heavy atom. The highest BCUT2D eigenvalue weighted by Gasteiger charge is 2.29. The van der Waals surface area contributed by atoms with E-state index >= 15 is 0 Å². The molecule has 0 N–H and O–H groups in total. The summed E-state index contributed by atoms with van der Waals surface area (Å²) in [7, 11) is 5.01. The Morgan fingerprint density at radius 1 is 0.382 bits per heavy atom. The molecular weight excluding hydrogens is 481 g/mol. The third-order valence-corrected chi connectivity index (χ3v) is 16.8. The molecule has 0 aromatic carbocycles. The maximum absolute atomic E-state index is 5.63. The minimum absolute atomic E-state index is 0.843. The van der Waals surface area contributed by atoms with Gasteiger partial charge in [-0.3, -0.25) is 0 Å². The van der Waals surface area contributed by atoms with Gasteiger partial charge in [-0.25, -0.2) is 0 Å². The van der Waals surface area contributed by atoms with Gasteiger partial charge < -0.3 is 26.6 Å². The monoisotopic (exact) mass is 538 g/mol. The molecule has 34 heavy (non-hydrogen) atoms. The Morgan fingerprint density at radius 2 is 0.618 bits per heavy atom. The molecule has 9 heteroatoms. The molecule has 0 atom stereocenters. The summed E-state index contributed by atoms with van der Waals surface area (Å²) in [5.74, 6) is 0.843. The fourth-order valence-electron chi connectivity index (χ4n) is 4.46. The Kier molecular flexibility index (Phi) is 19.7. The number of unbranched alkanes of at least 4 members (excludes halogenated alkanes) is 6. The van der Waals surface area contributed by atoms with Gasteiger partial charge >= 0.3 is 25.7 Å². The molecular formula is C25H58O6Si3. The van der Waals surface area contributed by atoms with Gasteiger partial charge in [0.1, 0.15) is 0 Å². The van der Waals surface area contributed by atoms with E-state index in [1.807, 2.05) is 0 Å². The van der Waals surface area contributed by atoms with Crippen LogP contribution in [-0.2, 0) is 26.6 Å². The Balaban J connectivity index is 4.40. The molecule has 0 saturated carbocycles. The second-order valence-corrected chi connectivity index (χ2v) is 21.0. The van der Waals surface area contributed by atoms with Crippen LogP contribution < -0.4 is 0 Å². The molecule has 206 valence electrons. The van der Waals surface area contributed by atoms with Crippen LogP contribution in [-0.4, -0.2) is 68.3 Å². The molecule has 0 aromatic heterocycles. The van der Waals surface area contributed by atoms with Gasteiger partial charge in [0.25, 0.3) is 0 Å². The van der Waals surface area contributed by atoms with E-state index in [-0.39, 0.29) is 0 Å². The van der Waals surface area contributed by atoms with Crippen LogP contribution in [0, 0.1) is 5.92 Å². The lowest BCUT2D eigenvalue weighted by atomic mass is 9.90. The fourth-order valence-corrected chi connectivity index (χ4v) is 8.86. The summed E-state index contributed by atoms with van der Waals surface area (Å²) in [6.07, 6.45) is 15.5. The highest BCUT2D eigenvalue weighted by molar-refractivity contribution is 6.66. The van der Waals surface area contributed by atoms with Crippen molar-refractivity contribution in [2.45, 2.75) is 115 Å². The van der Waals surface area contributed by atoms with E-state index in [1.54, 1.807) is 42.7 Å². The van der Waals surface area contributed by atoms with Crippen molar-refractivity contribution in [2.24, 2.45) is 5.92 Å². The van der Waals surface area contributed by atoms with E-state index in [1.165, 1.54) is 77.0 Å². The molecule has 0 aliphatic heterocycles. The van der Waals surface area contributed by atoms with Crippen molar-refractivity contribution < 1.29 is 26.6 Å². The average molecular weight is 539 g/mol. The first kappa shape index (κ1) is 34.4. The van der Waals surface area contributed by atoms with E-state index in [0.29, 0.717) is 0 Å². The number of hydrogen-bond donors (Lipinski definition) is 0. The Hall–Kier alpha value is 0.411. The van der Waals surface area contributed by atoms with Crippen LogP contribution in [0.3, 0.4) is 0 Å². The minimum atomic E-state index is -1.91. The third kappa shape index (κ3) is 15.5. The van der Waals surface area contributed by atoms with Crippen molar-refractivity contribution in [3.8, 4) is 0 Å². The largest absolute Gasteiger partial charge is 0.398 e. The molecule has 0 aliphatic carbocycles. The van der Waals surface area contributed by atoms with Gasteiger partial charge in [-0.2, -0.15) is 0 Å². The van der Waals surface area contributed by atoms with Crippen molar-refractivity contribution in [1.82, 2.24) is 0 Å². The van der Waals surface area contributed by atoms with Crippen molar-refractivity contribution in [3.05, 3.63) is 0 Å². The van der Waals surface area contributed by atoms with Gasteiger partial charge in [0, 0.05) is 42.7 Å². The molecule has 6 nitrogen and oxygen atoms in total. The number of rotatable bonds is 24. The van der Waals surface area contributed by atoms with Crippen LogP contribution in [0.25, 0.3) is 0 Å². The topological polar surface area (TPSA) is 55.4 Å². The maximum Gasteiger partial charge on any atom is 0.334 e. The van der Waals surface area contributed by atoms with Crippen LogP contribution in [0.2, 0.25) is 37.8 Å². The summed E-state index contributed by atoms with van der Waals surface area (Å²) < 4.78 is 33.8. The first-order chi connectivity index (χ1) is 16.1. The number of hydrogen-bond acceptors (Lipinski definition) is 6. The summed E-state index contributed by atoms with van der Waals surface area (Å²) >= 11 is 0. The SMILES string of the molecule is CO[Si](C)(CCCCCC(CCCCC[Si](C)(OC)OC)CCCCC[Si](C)(OC)OC)OC. The van der Waals surface area contributed by atoms with Crippen molar-refractivity contribution >= 4 is 25.7 Å². The van der Waals surface area contributed by atoms with E-state index in [4.69, 9.17) is 26.6 Å². The standard InChI is InChI=1S/C25H58O6Si3/c1-26-32(7,27-2)22-16-10-13-19-25(20-14-11-17-23-33(8,28-3)29-4)21-15-12-18-24-34(9,30-5)31-6/h25H,10-24H2,1-9H3. The van der Waals surface area contributed by atoms with Gasteiger partial charge in [-0.15, -0.1) is 0 Å². The van der Waals surface area contributed by atoms with Gasteiger partial charge in [0.2, 0.25) is 0 Å². The van der Waals surface area contributed by atoms with Crippen molar-refractivity contribution in [1.29, 1.82) is 0 Å². The smallest absolute Gasteiger partial charge is 0.334 e. The third-order valence-electron chi connectivity index (χ3n) is 7.82. The Labute approximate surface area is 215 Å². The lowest BCUT2D eigenvalue weighted by molar-refractivity contribution is 0.247. The zero-order chi connectivity index (χ0) is 25.9. The molecule has 0 rings (SSSR count). The van der Waals surface area contributed by atoms with Gasteiger partial charge in [-0.1, -0.05) is 77.0 Å². The van der Waals surface area contributed by atoms with Crippen LogP contribution in [0.5, 0.6) is 0 Å². The average Bonchev–Trinajstić information content (AvgIpc) is 2.86. The maximum atomic E-state index is 5.63. The molecule has 0 spiro atoms. The van der Waals surface area contributed by atoms with Gasteiger partial charge in [0.15, 0.2) is 0 Å². The van der Waals surface area contributed by atoms with Gasteiger partial charge in [0.05, 0.1) is 0 Å². The first-order valence-corrected chi connectivity index (χ1v) is 21.0. The summed E-state index contributed by atoms with van der Waals surface area (Å²) in [5.41, 5.74) is 0. The molecule has 0 amide bonds. The molecule has 0 fully saturated rings. The lowest BCUT2D eigenvalue weighted by Crippen LogP contribution is -2.35.